The highest BCUT2D eigenvalue weighted by atomic mass is 16.2. The van der Waals surface area contributed by atoms with Gasteiger partial charge in [0.05, 0.1) is 11.8 Å². The van der Waals surface area contributed by atoms with Gasteiger partial charge in [-0.25, -0.2) is 0 Å². The molecule has 2 aromatic rings. The first-order chi connectivity index (χ1) is 15.5. The van der Waals surface area contributed by atoms with Gasteiger partial charge in [-0.15, -0.1) is 0 Å². The summed E-state index contributed by atoms with van der Waals surface area (Å²) in [6.07, 6.45) is 5.75. The highest BCUT2D eigenvalue weighted by Crippen LogP contribution is 2.65. The van der Waals surface area contributed by atoms with Crippen LogP contribution in [-0.2, 0) is 20.8 Å². The van der Waals surface area contributed by atoms with Gasteiger partial charge in [-0.1, -0.05) is 60.7 Å². The van der Waals surface area contributed by atoms with Crippen molar-refractivity contribution in [1.29, 1.82) is 0 Å². The summed E-state index contributed by atoms with van der Waals surface area (Å²) in [4.78, 5) is 42.1. The van der Waals surface area contributed by atoms with Crippen LogP contribution in [0.1, 0.15) is 17.5 Å². The monoisotopic (exact) mass is 426 g/mol. The molecule has 32 heavy (non-hydrogen) atoms. The van der Waals surface area contributed by atoms with Crippen LogP contribution in [0.25, 0.3) is 0 Å². The summed E-state index contributed by atoms with van der Waals surface area (Å²) >= 11 is 0. The Balaban J connectivity index is 1.34. The largest absolute Gasteiger partial charge is 0.324 e. The van der Waals surface area contributed by atoms with Crippen molar-refractivity contribution >= 4 is 23.4 Å². The minimum atomic E-state index is -0.863. The van der Waals surface area contributed by atoms with Crippen LogP contribution >= 0.6 is 0 Å². The predicted octanol–water partition coefficient (Wildman–Crippen LogP) is 3.60. The minimum Gasteiger partial charge on any atom is -0.324 e. The molecule has 0 radical (unpaired) electrons. The third-order valence-electron chi connectivity index (χ3n) is 7.99. The molecule has 162 valence electrons. The molecular weight excluding hydrogens is 400 g/mol. The van der Waals surface area contributed by atoms with Crippen molar-refractivity contribution in [3.8, 4) is 0 Å². The van der Waals surface area contributed by atoms with E-state index in [2.05, 4.69) is 17.5 Å². The first-order valence-corrected chi connectivity index (χ1v) is 11.5. The Morgan fingerprint density at radius 2 is 1.53 bits per heavy atom. The second-order valence-electron chi connectivity index (χ2n) is 9.71. The summed E-state index contributed by atoms with van der Waals surface area (Å²) in [5.74, 6) is 0.135. The second kappa shape index (κ2) is 7.16. The van der Waals surface area contributed by atoms with E-state index in [1.54, 1.807) is 0 Å². The van der Waals surface area contributed by atoms with Crippen molar-refractivity contribution in [2.24, 2.45) is 35.5 Å². The van der Waals surface area contributed by atoms with Gasteiger partial charge in [-0.3, -0.25) is 19.3 Å². The molecule has 0 spiro atoms. The van der Waals surface area contributed by atoms with E-state index in [-0.39, 0.29) is 41.4 Å². The van der Waals surface area contributed by atoms with Crippen LogP contribution in [0.2, 0.25) is 0 Å². The van der Waals surface area contributed by atoms with Crippen LogP contribution in [0.3, 0.4) is 0 Å². The lowest BCUT2D eigenvalue weighted by atomic mass is 9.63. The van der Waals surface area contributed by atoms with Gasteiger partial charge in [0, 0.05) is 12.1 Å². The van der Waals surface area contributed by atoms with E-state index in [9.17, 15) is 14.4 Å². The van der Waals surface area contributed by atoms with Gasteiger partial charge in [0.15, 0.2) is 0 Å². The maximum absolute atomic E-state index is 13.7. The van der Waals surface area contributed by atoms with Gasteiger partial charge in [0.2, 0.25) is 17.7 Å². The summed E-state index contributed by atoms with van der Waals surface area (Å²) in [6.45, 7) is 1.93. The Labute approximate surface area is 187 Å². The molecule has 7 rings (SSSR count). The van der Waals surface area contributed by atoms with Crippen LogP contribution in [0.15, 0.2) is 66.7 Å². The molecule has 2 bridgehead atoms. The topological polar surface area (TPSA) is 66.5 Å². The van der Waals surface area contributed by atoms with Gasteiger partial charge < -0.3 is 5.32 Å². The van der Waals surface area contributed by atoms with Crippen molar-refractivity contribution in [2.75, 3.05) is 5.32 Å². The number of carbonyl (C=O) groups is 3. The number of imide groups is 1. The Kier molecular flexibility index (Phi) is 4.36. The van der Waals surface area contributed by atoms with E-state index >= 15 is 0 Å². The van der Waals surface area contributed by atoms with Crippen LogP contribution in [0, 0.1) is 42.4 Å². The van der Waals surface area contributed by atoms with E-state index in [4.69, 9.17) is 0 Å². The average Bonchev–Trinajstić information content (AvgIpc) is 3.58. The summed E-state index contributed by atoms with van der Waals surface area (Å²) in [6, 6.07) is 16.3. The molecule has 1 N–H and O–H groups in total. The molecular formula is C27H26N2O3. The van der Waals surface area contributed by atoms with Gasteiger partial charge in [-0.2, -0.15) is 0 Å². The van der Waals surface area contributed by atoms with Crippen molar-refractivity contribution in [3.05, 3.63) is 77.9 Å². The van der Waals surface area contributed by atoms with E-state index in [1.165, 1.54) is 4.90 Å². The zero-order chi connectivity index (χ0) is 22.0. The van der Waals surface area contributed by atoms with Crippen molar-refractivity contribution in [3.63, 3.8) is 0 Å². The number of hydrogen-bond donors (Lipinski definition) is 1. The Morgan fingerprint density at radius 3 is 2.16 bits per heavy atom. The summed E-state index contributed by atoms with van der Waals surface area (Å²) < 4.78 is 0. The molecule has 5 aliphatic rings. The highest BCUT2D eigenvalue weighted by Gasteiger charge is 2.67. The number of carbonyl (C=O) groups excluding carboxylic acids is 3. The lowest BCUT2D eigenvalue weighted by Gasteiger charge is -2.37. The maximum atomic E-state index is 13.7. The maximum Gasteiger partial charge on any atom is 0.248 e. The molecule has 1 aliphatic heterocycles. The number of allylic oxidation sites excluding steroid dienone is 2. The summed E-state index contributed by atoms with van der Waals surface area (Å²) in [5, 5.41) is 2.98. The number of amides is 3. The molecule has 4 aliphatic carbocycles. The Hall–Kier alpha value is -3.21. The summed E-state index contributed by atoms with van der Waals surface area (Å²) in [5.41, 5.74) is 2.57. The lowest BCUT2D eigenvalue weighted by Crippen LogP contribution is -2.49. The minimum absolute atomic E-state index is 0.147. The van der Waals surface area contributed by atoms with Gasteiger partial charge in [-0.05, 0) is 54.2 Å². The first kappa shape index (κ1) is 19.5. The fourth-order valence-corrected chi connectivity index (χ4v) is 6.35. The number of likely N-dealkylation sites (tertiary alicyclic amines) is 1. The molecule has 5 heteroatoms. The first-order valence-electron chi connectivity index (χ1n) is 11.5. The Bertz CT molecular complexity index is 1100. The predicted molar refractivity (Wildman–Crippen MR) is 120 cm³/mol. The average molecular weight is 427 g/mol. The van der Waals surface area contributed by atoms with E-state index in [0.29, 0.717) is 23.9 Å². The van der Waals surface area contributed by atoms with Crippen molar-refractivity contribution in [2.45, 2.75) is 25.8 Å². The highest BCUT2D eigenvalue weighted by molar-refractivity contribution is 6.10. The number of aryl methyl sites for hydroxylation is 1. The van der Waals surface area contributed by atoms with E-state index in [0.717, 1.165) is 17.5 Å². The molecule has 7 atom stereocenters. The number of nitrogens with zero attached hydrogens (tertiary/aromatic N) is 1. The van der Waals surface area contributed by atoms with Gasteiger partial charge in [0.1, 0.15) is 6.04 Å². The fraction of sp³-hybridized carbons (Fsp3) is 0.370. The van der Waals surface area contributed by atoms with Crippen LogP contribution < -0.4 is 5.32 Å². The molecule has 0 aromatic heterocycles. The fourth-order valence-electron chi connectivity index (χ4n) is 6.35. The summed E-state index contributed by atoms with van der Waals surface area (Å²) in [7, 11) is 0. The molecule has 1 heterocycles. The standard InChI is InChI=1S/C27H26N2O3/c1-15-7-5-6-10-21(15)28-25(30)22(13-16-8-3-2-4-9-16)29-26(31)23-17-11-12-18(20-14-19(17)20)24(23)27(29)32/h2-12,17-20,22-24H,13-14H2,1H3,(H,28,30)/t17-,18-,19-,20-,22+,23+,24+/m1/s1. The smallest absolute Gasteiger partial charge is 0.248 e. The molecule has 3 fully saturated rings. The number of benzene rings is 2. The number of nitrogens with one attached hydrogen (secondary N) is 1. The SMILES string of the molecule is Cc1ccccc1NC(=O)[C@H](Cc1ccccc1)N1C(=O)[C@H]2[C@@H]3C=C[C@H]([C@H]4C[C@H]34)[C@@H]2C1=O. The third kappa shape index (κ3) is 2.87. The number of para-hydroxylation sites is 1. The van der Waals surface area contributed by atoms with Crippen LogP contribution in [-0.4, -0.2) is 28.7 Å². The van der Waals surface area contributed by atoms with Gasteiger partial charge >= 0.3 is 0 Å². The van der Waals surface area contributed by atoms with Crippen LogP contribution in [0.4, 0.5) is 5.69 Å². The zero-order valence-corrected chi connectivity index (χ0v) is 18.0. The quantitative estimate of drug-likeness (QED) is 0.587. The van der Waals surface area contributed by atoms with E-state index in [1.807, 2.05) is 61.5 Å². The zero-order valence-electron chi connectivity index (χ0n) is 18.0. The molecule has 1 saturated heterocycles. The molecule has 2 aromatic carbocycles. The molecule has 2 saturated carbocycles. The van der Waals surface area contributed by atoms with Gasteiger partial charge in [0.25, 0.3) is 0 Å². The number of hydrogen-bond acceptors (Lipinski definition) is 3. The molecule has 0 unspecified atom stereocenters. The molecule has 3 amide bonds. The van der Waals surface area contributed by atoms with Crippen molar-refractivity contribution < 1.29 is 14.4 Å². The van der Waals surface area contributed by atoms with E-state index < -0.39 is 6.04 Å². The second-order valence-corrected chi connectivity index (χ2v) is 9.71. The molecule has 5 nitrogen and oxygen atoms in total. The third-order valence-corrected chi connectivity index (χ3v) is 7.99. The Morgan fingerprint density at radius 1 is 0.938 bits per heavy atom. The van der Waals surface area contributed by atoms with Crippen molar-refractivity contribution in [1.82, 2.24) is 4.90 Å². The lowest BCUT2D eigenvalue weighted by molar-refractivity contribution is -0.146. The normalized spacial score (nSPS) is 32.5. The number of rotatable bonds is 5. The van der Waals surface area contributed by atoms with Crippen LogP contribution in [0.5, 0.6) is 0 Å². The number of anilines is 1.